The van der Waals surface area contributed by atoms with Crippen LogP contribution in [-0.4, -0.2) is 54.0 Å². The summed E-state index contributed by atoms with van der Waals surface area (Å²) < 4.78 is 43.8. The van der Waals surface area contributed by atoms with Crippen LogP contribution in [0.4, 0.5) is 0 Å². The van der Waals surface area contributed by atoms with E-state index in [1.807, 2.05) is 0 Å². The molecule has 0 saturated heterocycles. The lowest BCUT2D eigenvalue weighted by Crippen LogP contribution is -2.54. The lowest BCUT2D eigenvalue weighted by atomic mass is 9.91. The van der Waals surface area contributed by atoms with Gasteiger partial charge in [-0.15, -0.1) is 0 Å². The van der Waals surface area contributed by atoms with Crippen molar-refractivity contribution >= 4 is 7.82 Å². The molecule has 6 rings (SSSR count). The first-order valence-electron chi connectivity index (χ1n) is 30.1. The molecule has 0 radical (unpaired) electrons. The van der Waals surface area contributed by atoms with E-state index in [0.717, 1.165) is 149 Å². The van der Waals surface area contributed by atoms with Gasteiger partial charge in [0.05, 0.1) is 0 Å². The number of rotatable bonds is 39. The van der Waals surface area contributed by atoms with Crippen LogP contribution in [-0.2, 0) is 35.3 Å². The molecule has 7 nitrogen and oxygen atoms in total. The molecule has 0 saturated carbocycles. The minimum atomic E-state index is -5.10. The zero-order valence-electron chi connectivity index (χ0n) is 48.2. The summed E-state index contributed by atoms with van der Waals surface area (Å²) >= 11 is 0. The highest BCUT2D eigenvalue weighted by Crippen LogP contribution is 2.66. The van der Waals surface area contributed by atoms with Crippen LogP contribution in [0, 0.1) is 0 Å². The summed E-state index contributed by atoms with van der Waals surface area (Å²) in [4.78, 5) is 7.42. The number of nitrogens with zero attached hydrogens (tertiary/aromatic N) is 3. The summed E-state index contributed by atoms with van der Waals surface area (Å²) in [5.74, 6) is 0. The largest absolute Gasteiger partial charge is 0.481 e. The van der Waals surface area contributed by atoms with Gasteiger partial charge in [-0.3, -0.25) is 28.3 Å². The van der Waals surface area contributed by atoms with E-state index in [0.29, 0.717) is 39.3 Å². The molecular formula is C69H96N3O4P. The lowest BCUT2D eigenvalue weighted by molar-refractivity contribution is -0.157. The van der Waals surface area contributed by atoms with E-state index >= 15 is 4.57 Å². The highest BCUT2D eigenvalue weighted by atomic mass is 31.2. The summed E-state index contributed by atoms with van der Waals surface area (Å²) in [5, 5.41) is 0. The molecule has 8 heteroatoms. The van der Waals surface area contributed by atoms with Crippen LogP contribution in [0.3, 0.4) is 0 Å². The van der Waals surface area contributed by atoms with Gasteiger partial charge >= 0.3 is 7.82 Å². The first kappa shape index (κ1) is 61.5. The van der Waals surface area contributed by atoms with Crippen LogP contribution >= 0.6 is 7.82 Å². The van der Waals surface area contributed by atoms with Crippen molar-refractivity contribution in [1.29, 1.82) is 0 Å². The molecule has 0 aliphatic carbocycles. The van der Waals surface area contributed by atoms with Crippen LogP contribution in [0.5, 0.6) is 0 Å². The number of hydrogen-bond acceptors (Lipinski definition) is 7. The SMILES string of the molecule is CCCCCN(CCCCC)C(OP(=O)(OC(c1ccccc1)(c1ccccc1)N(CCCCC)CCCCC)OC(c1ccccc1)(c1ccccc1)N(CCCCC)CCCCC)(c1ccccc1)c1ccccc1. The van der Waals surface area contributed by atoms with Gasteiger partial charge in [-0.25, -0.2) is 4.57 Å². The Balaban J connectivity index is 1.84. The maximum absolute atomic E-state index is 18.8. The minimum absolute atomic E-state index is 0.701. The third kappa shape index (κ3) is 16.2. The fourth-order valence-corrected chi connectivity index (χ4v) is 13.3. The molecule has 0 fully saturated rings. The molecule has 0 aliphatic rings. The highest BCUT2D eigenvalue weighted by Gasteiger charge is 2.58. The molecule has 6 aromatic rings. The predicted molar refractivity (Wildman–Crippen MR) is 324 cm³/mol. The highest BCUT2D eigenvalue weighted by molar-refractivity contribution is 7.48. The predicted octanol–water partition coefficient (Wildman–Crippen LogP) is 18.9. The Morgan fingerprint density at radius 3 is 0.571 bits per heavy atom. The summed E-state index contributed by atoms with van der Waals surface area (Å²) in [6.07, 6.45) is 18.2. The maximum atomic E-state index is 18.8. The van der Waals surface area contributed by atoms with Crippen LogP contribution in [0.1, 0.15) is 190 Å². The van der Waals surface area contributed by atoms with Crippen LogP contribution in [0.25, 0.3) is 0 Å². The molecule has 0 heterocycles. The zero-order valence-corrected chi connectivity index (χ0v) is 49.1. The molecule has 0 N–H and O–H groups in total. The van der Waals surface area contributed by atoms with Crippen LogP contribution in [0.15, 0.2) is 182 Å². The molecule has 0 bridgehead atoms. The minimum Gasteiger partial charge on any atom is -0.267 e. The van der Waals surface area contributed by atoms with Gasteiger partial charge in [0.1, 0.15) is 0 Å². The van der Waals surface area contributed by atoms with Crippen molar-refractivity contribution in [2.75, 3.05) is 39.3 Å². The Morgan fingerprint density at radius 1 is 0.273 bits per heavy atom. The second-order valence-electron chi connectivity index (χ2n) is 21.1. The third-order valence-corrected chi connectivity index (χ3v) is 16.7. The second-order valence-corrected chi connectivity index (χ2v) is 22.5. The number of unbranched alkanes of at least 4 members (excludes halogenated alkanes) is 12. The standard InChI is InChI=1S/C69H96N3O4P/c1-7-13-37-55-70(56-38-14-8-2)67(61-43-25-19-26-44-61,62-45-27-20-28-46-62)74-77(73,75-68(63-47-29-21-30-48-63,64-49-31-22-32-50-64)71(57-39-15-9-3)58-40-16-10-4)76-69(65-51-33-23-34-52-65,66-53-35-24-36-54-66)72(59-41-17-11-5)60-42-18-12-6/h19-36,43-54H,7-18,37-42,55-60H2,1-6H3. The van der Waals surface area contributed by atoms with Crippen molar-refractivity contribution < 1.29 is 18.1 Å². The molecule has 77 heavy (non-hydrogen) atoms. The monoisotopic (exact) mass is 1060 g/mol. The third-order valence-electron chi connectivity index (χ3n) is 15.2. The summed E-state index contributed by atoms with van der Waals surface area (Å²) in [6, 6.07) is 63.2. The van der Waals surface area contributed by atoms with Gasteiger partial charge in [-0.2, -0.15) is 0 Å². The Labute approximate surface area is 467 Å². The fraction of sp³-hybridized carbons (Fsp3) is 0.478. The van der Waals surface area contributed by atoms with E-state index in [-0.39, 0.29) is 0 Å². The molecule has 0 amide bonds. The van der Waals surface area contributed by atoms with E-state index in [2.05, 4.69) is 238 Å². The van der Waals surface area contributed by atoms with Gasteiger partial charge in [-0.05, 0) is 38.5 Å². The smallest absolute Gasteiger partial charge is 0.267 e. The molecule has 0 aliphatic heterocycles. The first-order valence-corrected chi connectivity index (χ1v) is 31.6. The van der Waals surface area contributed by atoms with Gasteiger partial charge in [0.15, 0.2) is 17.2 Å². The van der Waals surface area contributed by atoms with E-state index in [9.17, 15) is 0 Å². The van der Waals surface area contributed by atoms with Crippen molar-refractivity contribution in [1.82, 2.24) is 14.7 Å². The quantitative estimate of drug-likeness (QED) is 0.0217. The molecular weight excluding hydrogens is 966 g/mol. The van der Waals surface area contributed by atoms with Gasteiger partial charge in [-0.1, -0.05) is 301 Å². The van der Waals surface area contributed by atoms with Crippen molar-refractivity contribution in [3.05, 3.63) is 215 Å². The van der Waals surface area contributed by atoms with E-state index in [4.69, 9.17) is 13.6 Å². The first-order chi connectivity index (χ1) is 37.8. The van der Waals surface area contributed by atoms with E-state index in [1.54, 1.807) is 0 Å². The Kier molecular flexibility index (Phi) is 26.4. The number of phosphoric ester groups is 1. The number of hydrogen-bond donors (Lipinski definition) is 0. The van der Waals surface area contributed by atoms with E-state index < -0.39 is 25.0 Å². The van der Waals surface area contributed by atoms with Crippen molar-refractivity contribution in [3.63, 3.8) is 0 Å². The Morgan fingerprint density at radius 2 is 0.429 bits per heavy atom. The van der Waals surface area contributed by atoms with Crippen molar-refractivity contribution in [3.8, 4) is 0 Å². The van der Waals surface area contributed by atoms with Crippen molar-refractivity contribution in [2.45, 2.75) is 174 Å². The molecule has 0 spiro atoms. The molecule has 0 atom stereocenters. The Bertz CT molecular complexity index is 2070. The zero-order chi connectivity index (χ0) is 54.5. The van der Waals surface area contributed by atoms with Gasteiger partial charge in [0, 0.05) is 72.6 Å². The Hall–Kier alpha value is -4.69. The van der Waals surface area contributed by atoms with Gasteiger partial charge < -0.3 is 0 Å². The van der Waals surface area contributed by atoms with Crippen molar-refractivity contribution in [2.24, 2.45) is 0 Å². The maximum Gasteiger partial charge on any atom is 0.481 e. The molecule has 416 valence electrons. The summed E-state index contributed by atoms with van der Waals surface area (Å²) in [7, 11) is -5.10. The van der Waals surface area contributed by atoms with Gasteiger partial charge in [0.2, 0.25) is 0 Å². The summed E-state index contributed by atoms with van der Waals surface area (Å²) in [5.41, 5.74) is 0.838. The topological polar surface area (TPSA) is 54.5 Å². The fourth-order valence-electron chi connectivity index (χ4n) is 11.2. The number of benzene rings is 6. The summed E-state index contributed by atoms with van der Waals surface area (Å²) in [6.45, 7) is 17.8. The van der Waals surface area contributed by atoms with Crippen LogP contribution in [0.2, 0.25) is 0 Å². The average Bonchev–Trinajstić information content (AvgIpc) is 3.52. The van der Waals surface area contributed by atoms with E-state index in [1.165, 1.54) is 0 Å². The second kappa shape index (κ2) is 33.0. The average molecular weight is 1060 g/mol. The lowest BCUT2D eigenvalue weighted by Gasteiger charge is -2.51. The number of phosphoric acid groups is 1. The molecule has 0 aromatic heterocycles. The van der Waals surface area contributed by atoms with Crippen LogP contribution < -0.4 is 0 Å². The van der Waals surface area contributed by atoms with Gasteiger partial charge in [0.25, 0.3) is 0 Å². The molecule has 6 aromatic carbocycles. The normalized spacial score (nSPS) is 12.5. The molecule has 0 unspecified atom stereocenters.